The van der Waals surface area contributed by atoms with E-state index >= 15 is 0 Å². The summed E-state index contributed by atoms with van der Waals surface area (Å²) in [5.74, 6) is -0.930. The molecule has 3 aromatic rings. The number of nitrogens with zero attached hydrogens (tertiary/aromatic N) is 1. The summed E-state index contributed by atoms with van der Waals surface area (Å²) in [5, 5.41) is 6.46. The quantitative estimate of drug-likeness (QED) is 0.452. The highest BCUT2D eigenvalue weighted by molar-refractivity contribution is 5.88. The number of amides is 3. The van der Waals surface area contributed by atoms with E-state index in [2.05, 4.69) is 16.1 Å². The number of nitrogens with one attached hydrogen (secondary N) is 3. The van der Waals surface area contributed by atoms with E-state index in [1.807, 2.05) is 91.0 Å². The standard InChI is InChI=1S/C24H24N4O4/c29-22(16-26-24(31)32-18-19-10-4-1-5-11-19)25-17-23(30)27-28(20-12-6-2-7-13-20)21-14-8-3-9-15-21/h1-15H,16-18H2,(H,25,29)(H,26,31)(H,27,30). The average molecular weight is 432 g/mol. The molecule has 8 heteroatoms. The predicted molar refractivity (Wildman–Crippen MR) is 121 cm³/mol. The molecule has 164 valence electrons. The topological polar surface area (TPSA) is 99.8 Å². The van der Waals surface area contributed by atoms with Crippen molar-refractivity contribution in [1.29, 1.82) is 0 Å². The zero-order valence-corrected chi connectivity index (χ0v) is 17.4. The van der Waals surface area contributed by atoms with Crippen LogP contribution in [0.3, 0.4) is 0 Å². The Morgan fingerprint density at radius 2 is 1.16 bits per heavy atom. The van der Waals surface area contributed by atoms with Crippen molar-refractivity contribution in [3.63, 3.8) is 0 Å². The summed E-state index contributed by atoms with van der Waals surface area (Å²) in [6.07, 6.45) is -0.715. The molecule has 0 unspecified atom stereocenters. The Hall–Kier alpha value is -4.33. The van der Waals surface area contributed by atoms with E-state index in [4.69, 9.17) is 4.74 Å². The molecule has 3 amide bonds. The lowest BCUT2D eigenvalue weighted by Gasteiger charge is -2.25. The molecule has 0 bridgehead atoms. The maximum absolute atomic E-state index is 12.4. The largest absolute Gasteiger partial charge is 0.445 e. The monoisotopic (exact) mass is 432 g/mol. The van der Waals surface area contributed by atoms with Crippen molar-refractivity contribution in [2.45, 2.75) is 6.61 Å². The van der Waals surface area contributed by atoms with E-state index in [1.165, 1.54) is 0 Å². The van der Waals surface area contributed by atoms with Gasteiger partial charge in [-0.15, -0.1) is 0 Å². The normalized spacial score (nSPS) is 10.0. The van der Waals surface area contributed by atoms with Crippen molar-refractivity contribution in [3.05, 3.63) is 96.6 Å². The first-order valence-electron chi connectivity index (χ1n) is 10.0. The molecule has 0 heterocycles. The van der Waals surface area contributed by atoms with Crippen LogP contribution >= 0.6 is 0 Å². The summed E-state index contributed by atoms with van der Waals surface area (Å²) >= 11 is 0. The van der Waals surface area contributed by atoms with Gasteiger partial charge < -0.3 is 15.4 Å². The Bertz CT molecular complexity index is 974. The Morgan fingerprint density at radius 3 is 1.72 bits per heavy atom. The molecule has 3 aromatic carbocycles. The second-order valence-corrected chi connectivity index (χ2v) is 6.73. The minimum absolute atomic E-state index is 0.103. The third-order valence-corrected chi connectivity index (χ3v) is 4.32. The molecule has 0 saturated carbocycles. The van der Waals surface area contributed by atoms with E-state index < -0.39 is 17.9 Å². The van der Waals surface area contributed by atoms with Gasteiger partial charge in [-0.25, -0.2) is 4.79 Å². The molecule has 0 saturated heterocycles. The van der Waals surface area contributed by atoms with Gasteiger partial charge in [-0.05, 0) is 29.8 Å². The van der Waals surface area contributed by atoms with Gasteiger partial charge >= 0.3 is 6.09 Å². The van der Waals surface area contributed by atoms with Crippen LogP contribution in [0.4, 0.5) is 16.2 Å². The number of hydrogen-bond acceptors (Lipinski definition) is 5. The molecule has 0 radical (unpaired) electrons. The van der Waals surface area contributed by atoms with Crippen molar-refractivity contribution in [2.24, 2.45) is 0 Å². The van der Waals surface area contributed by atoms with Crippen molar-refractivity contribution in [2.75, 3.05) is 18.1 Å². The molecular weight excluding hydrogens is 408 g/mol. The molecule has 8 nitrogen and oxygen atoms in total. The second-order valence-electron chi connectivity index (χ2n) is 6.73. The zero-order valence-electron chi connectivity index (χ0n) is 17.4. The average Bonchev–Trinajstić information content (AvgIpc) is 2.85. The third kappa shape index (κ3) is 7.17. The highest BCUT2D eigenvalue weighted by Crippen LogP contribution is 2.22. The number of hydrazine groups is 1. The Labute approximate surface area is 186 Å². The van der Waals surface area contributed by atoms with Crippen LogP contribution in [0.15, 0.2) is 91.0 Å². The number of rotatable bonds is 9. The van der Waals surface area contributed by atoms with E-state index in [-0.39, 0.29) is 19.7 Å². The molecule has 0 aromatic heterocycles. The number of carbonyl (C=O) groups is 3. The van der Waals surface area contributed by atoms with Gasteiger partial charge in [0, 0.05) is 0 Å². The second kappa shape index (κ2) is 11.8. The summed E-state index contributed by atoms with van der Waals surface area (Å²) in [6.45, 7) is -0.455. The van der Waals surface area contributed by atoms with Crippen LogP contribution in [0.5, 0.6) is 0 Å². The number of ether oxygens (including phenoxy) is 1. The molecule has 0 fully saturated rings. The Balaban J connectivity index is 1.43. The molecule has 0 aliphatic rings. The van der Waals surface area contributed by atoms with Crippen LogP contribution < -0.4 is 21.1 Å². The summed E-state index contributed by atoms with van der Waals surface area (Å²) < 4.78 is 5.04. The van der Waals surface area contributed by atoms with E-state index in [9.17, 15) is 14.4 Å². The number of anilines is 2. The summed E-state index contributed by atoms with van der Waals surface area (Å²) in [6, 6.07) is 27.8. The number of hydrogen-bond donors (Lipinski definition) is 3. The smallest absolute Gasteiger partial charge is 0.407 e. The Morgan fingerprint density at radius 1 is 0.656 bits per heavy atom. The van der Waals surface area contributed by atoms with Gasteiger partial charge in [0.1, 0.15) is 13.2 Å². The summed E-state index contributed by atoms with van der Waals surface area (Å²) in [4.78, 5) is 36.1. The van der Waals surface area contributed by atoms with Crippen LogP contribution in [0.1, 0.15) is 5.56 Å². The van der Waals surface area contributed by atoms with Crippen LogP contribution in [-0.2, 0) is 20.9 Å². The molecule has 0 aliphatic heterocycles. The maximum Gasteiger partial charge on any atom is 0.407 e. The molecular formula is C24H24N4O4. The van der Waals surface area contributed by atoms with E-state index in [0.717, 1.165) is 16.9 Å². The SMILES string of the molecule is O=C(CNC(=O)OCc1ccccc1)NCC(=O)NN(c1ccccc1)c1ccccc1. The molecule has 3 rings (SSSR count). The fourth-order valence-electron chi connectivity index (χ4n) is 2.76. The highest BCUT2D eigenvalue weighted by Gasteiger charge is 2.14. The fraction of sp³-hybridized carbons (Fsp3) is 0.125. The predicted octanol–water partition coefficient (Wildman–Crippen LogP) is 2.90. The summed E-state index contributed by atoms with van der Waals surface area (Å²) in [7, 11) is 0. The van der Waals surface area contributed by atoms with Crippen molar-refractivity contribution in [1.82, 2.24) is 16.1 Å². The first-order chi connectivity index (χ1) is 15.6. The van der Waals surface area contributed by atoms with Crippen LogP contribution in [0.2, 0.25) is 0 Å². The van der Waals surface area contributed by atoms with Crippen LogP contribution in [0.25, 0.3) is 0 Å². The molecule has 0 aliphatic carbocycles. The van der Waals surface area contributed by atoms with E-state index in [1.54, 1.807) is 5.01 Å². The van der Waals surface area contributed by atoms with Crippen LogP contribution in [0, 0.1) is 0 Å². The van der Waals surface area contributed by atoms with Crippen molar-refractivity contribution >= 4 is 29.3 Å². The van der Waals surface area contributed by atoms with Gasteiger partial charge in [-0.3, -0.25) is 20.0 Å². The van der Waals surface area contributed by atoms with Gasteiger partial charge in [0.25, 0.3) is 5.91 Å². The highest BCUT2D eigenvalue weighted by atomic mass is 16.5. The maximum atomic E-state index is 12.4. The third-order valence-electron chi connectivity index (χ3n) is 4.32. The van der Waals surface area contributed by atoms with Crippen molar-refractivity contribution < 1.29 is 19.1 Å². The number of benzene rings is 3. The van der Waals surface area contributed by atoms with E-state index in [0.29, 0.717) is 0 Å². The van der Waals surface area contributed by atoms with Gasteiger partial charge in [0.05, 0.1) is 17.9 Å². The molecule has 32 heavy (non-hydrogen) atoms. The number of alkyl carbamates (subject to hydrolysis) is 1. The van der Waals surface area contributed by atoms with Crippen molar-refractivity contribution in [3.8, 4) is 0 Å². The van der Waals surface area contributed by atoms with Gasteiger partial charge in [0.2, 0.25) is 5.91 Å². The minimum Gasteiger partial charge on any atom is -0.445 e. The zero-order chi connectivity index (χ0) is 22.6. The van der Waals surface area contributed by atoms with Gasteiger partial charge in [-0.2, -0.15) is 0 Å². The first-order valence-corrected chi connectivity index (χ1v) is 10.0. The number of carbonyl (C=O) groups excluding carboxylic acids is 3. The molecule has 0 atom stereocenters. The first kappa shape index (κ1) is 22.4. The molecule has 0 spiro atoms. The van der Waals surface area contributed by atoms with Crippen LogP contribution in [-0.4, -0.2) is 31.0 Å². The fourth-order valence-corrected chi connectivity index (χ4v) is 2.76. The van der Waals surface area contributed by atoms with Gasteiger partial charge in [-0.1, -0.05) is 66.7 Å². The molecule has 3 N–H and O–H groups in total. The lowest BCUT2D eigenvalue weighted by atomic mass is 10.2. The Kier molecular flexibility index (Phi) is 8.21. The lowest BCUT2D eigenvalue weighted by Crippen LogP contribution is -2.46. The minimum atomic E-state index is -0.715. The lowest BCUT2D eigenvalue weighted by molar-refractivity contribution is -0.125. The van der Waals surface area contributed by atoms with Gasteiger partial charge in [0.15, 0.2) is 0 Å². The summed E-state index contributed by atoms with van der Waals surface area (Å²) in [5.41, 5.74) is 5.14. The number of para-hydroxylation sites is 2.